The Morgan fingerprint density at radius 2 is 2.05 bits per heavy atom. The van der Waals surface area contributed by atoms with Crippen molar-refractivity contribution in [2.75, 3.05) is 12.8 Å². The molecule has 120 valence electrons. The predicted molar refractivity (Wildman–Crippen MR) is 91.0 cm³/mol. The zero-order chi connectivity index (χ0) is 16.3. The maximum absolute atomic E-state index is 12.3. The Morgan fingerprint density at radius 3 is 2.43 bits per heavy atom. The van der Waals surface area contributed by atoms with Gasteiger partial charge in [0.05, 0.1) is 3.79 Å². The number of hydrogen-bond acceptors (Lipinski definition) is 5. The summed E-state index contributed by atoms with van der Waals surface area (Å²) in [6.45, 7) is 4.36. The number of hydrogen-bond donors (Lipinski definition) is 2. The smallest absolute Gasteiger partial charge is 0.345 e. The molecule has 0 atom stereocenters. The van der Waals surface area contributed by atoms with Crippen LogP contribution in [0.5, 0.6) is 0 Å². The van der Waals surface area contributed by atoms with Crippen LogP contribution in [0.15, 0.2) is 14.7 Å². The van der Waals surface area contributed by atoms with E-state index in [1.807, 2.05) is 20.1 Å². The van der Waals surface area contributed by atoms with E-state index in [0.717, 1.165) is 24.2 Å². The molecule has 1 aromatic rings. The fraction of sp³-hybridized carbons (Fsp3) is 0.583. The van der Waals surface area contributed by atoms with Gasteiger partial charge in [-0.2, -0.15) is 11.8 Å². The van der Waals surface area contributed by atoms with Crippen LogP contribution in [0.1, 0.15) is 36.4 Å². The third kappa shape index (κ3) is 4.44. The summed E-state index contributed by atoms with van der Waals surface area (Å²) in [4.78, 5) is 10.9. The minimum atomic E-state index is -3.73. The van der Waals surface area contributed by atoms with Gasteiger partial charge in [-0.1, -0.05) is 13.8 Å². The van der Waals surface area contributed by atoms with E-state index in [4.69, 9.17) is 5.11 Å². The van der Waals surface area contributed by atoms with Crippen LogP contribution < -0.4 is 4.72 Å². The van der Waals surface area contributed by atoms with Crippen molar-refractivity contribution in [2.24, 2.45) is 0 Å². The molecule has 0 saturated heterocycles. The average Bonchev–Trinajstić information content (AvgIpc) is 2.84. The minimum Gasteiger partial charge on any atom is -0.477 e. The Bertz CT molecular complexity index is 600. The number of thiophene rings is 1. The van der Waals surface area contributed by atoms with E-state index in [2.05, 4.69) is 20.7 Å². The molecule has 2 N–H and O–H groups in total. The van der Waals surface area contributed by atoms with Gasteiger partial charge < -0.3 is 5.11 Å². The molecule has 0 saturated carbocycles. The molecule has 0 unspecified atom stereocenters. The highest BCUT2D eigenvalue weighted by Crippen LogP contribution is 2.33. The summed E-state index contributed by atoms with van der Waals surface area (Å²) in [5, 5.41) is 8.93. The molecule has 0 aromatic carbocycles. The fourth-order valence-corrected chi connectivity index (χ4v) is 6.22. The second-order valence-electron chi connectivity index (χ2n) is 4.47. The first kappa shape index (κ1) is 19.0. The lowest BCUT2D eigenvalue weighted by Gasteiger charge is -2.29. The summed E-state index contributed by atoms with van der Waals surface area (Å²) >= 11 is 5.65. The van der Waals surface area contributed by atoms with Gasteiger partial charge in [0, 0.05) is 11.3 Å². The highest BCUT2D eigenvalue weighted by atomic mass is 79.9. The van der Waals surface area contributed by atoms with E-state index >= 15 is 0 Å². The number of carboxylic acid groups (broad SMARTS) is 1. The van der Waals surface area contributed by atoms with Gasteiger partial charge in [0.2, 0.25) is 10.0 Å². The van der Waals surface area contributed by atoms with Gasteiger partial charge in [0.1, 0.15) is 9.77 Å². The Kier molecular flexibility index (Phi) is 6.73. The third-order valence-electron chi connectivity index (χ3n) is 3.46. The Labute approximate surface area is 141 Å². The van der Waals surface area contributed by atoms with Crippen molar-refractivity contribution in [3.05, 3.63) is 14.7 Å². The number of nitrogens with one attached hydrogen (secondary N) is 1. The summed E-state index contributed by atoms with van der Waals surface area (Å²) < 4.78 is 27.4. The van der Waals surface area contributed by atoms with Crippen molar-refractivity contribution in [3.63, 3.8) is 0 Å². The first-order chi connectivity index (χ1) is 9.71. The maximum atomic E-state index is 12.3. The molecule has 0 amide bonds. The summed E-state index contributed by atoms with van der Waals surface area (Å²) in [5.74, 6) is -1.14. The molecule has 0 fully saturated rings. The molecule has 0 radical (unpaired) electrons. The minimum absolute atomic E-state index is 0.00985. The maximum Gasteiger partial charge on any atom is 0.345 e. The van der Waals surface area contributed by atoms with Crippen LogP contribution >= 0.6 is 39.0 Å². The molecule has 1 heterocycles. The second kappa shape index (κ2) is 7.45. The monoisotopic (exact) mass is 415 g/mol. The number of carbonyl (C=O) groups is 1. The number of halogens is 1. The summed E-state index contributed by atoms with van der Waals surface area (Å²) in [5.41, 5.74) is 0. The molecule has 21 heavy (non-hydrogen) atoms. The molecule has 1 rings (SSSR count). The van der Waals surface area contributed by atoms with E-state index in [9.17, 15) is 13.2 Å². The predicted octanol–water partition coefficient (Wildman–Crippen LogP) is 3.41. The molecule has 5 nitrogen and oxygen atoms in total. The quantitative estimate of drug-likeness (QED) is 0.679. The molecular formula is C12H18BrNO4S3. The molecule has 0 aliphatic carbocycles. The van der Waals surface area contributed by atoms with Gasteiger partial charge in [-0.05, 0) is 41.1 Å². The standard InChI is InChI=1S/C12H18BrNO4S3/c1-4-12(5-2,19-3)7-14-21(17,18)9-6-8(11(15)16)20-10(9)13/h6,14H,4-5,7H2,1-3H3,(H,15,16). The van der Waals surface area contributed by atoms with Gasteiger partial charge >= 0.3 is 5.97 Å². The second-order valence-corrected chi connectivity index (χ2v) is 9.85. The third-order valence-corrected chi connectivity index (χ3v) is 8.69. The van der Waals surface area contributed by atoms with Gasteiger partial charge in [-0.3, -0.25) is 0 Å². The normalized spacial score (nSPS) is 12.6. The molecule has 0 aliphatic heterocycles. The van der Waals surface area contributed by atoms with Crippen LogP contribution in [0.25, 0.3) is 0 Å². The molecule has 0 spiro atoms. The van der Waals surface area contributed by atoms with E-state index < -0.39 is 16.0 Å². The van der Waals surface area contributed by atoms with Gasteiger partial charge in [-0.25, -0.2) is 17.9 Å². The van der Waals surface area contributed by atoms with Crippen LogP contribution in [0.4, 0.5) is 0 Å². The lowest BCUT2D eigenvalue weighted by Crippen LogP contribution is -2.39. The number of aromatic carboxylic acids is 1. The zero-order valence-corrected chi connectivity index (χ0v) is 16.0. The van der Waals surface area contributed by atoms with E-state index in [-0.39, 0.29) is 14.5 Å². The van der Waals surface area contributed by atoms with Crippen molar-refractivity contribution >= 4 is 55.0 Å². The number of sulfonamides is 1. The van der Waals surface area contributed by atoms with Gasteiger partial charge in [-0.15, -0.1) is 11.3 Å². The zero-order valence-electron chi connectivity index (χ0n) is 12.0. The Balaban J connectivity index is 3.00. The SMILES string of the molecule is CCC(CC)(CNS(=O)(=O)c1cc(C(=O)O)sc1Br)SC. The fourth-order valence-electron chi connectivity index (χ4n) is 1.81. The van der Waals surface area contributed by atoms with E-state index in [1.54, 1.807) is 11.8 Å². The topological polar surface area (TPSA) is 83.5 Å². The molecule has 0 aliphatic rings. The van der Waals surface area contributed by atoms with Crippen molar-refractivity contribution < 1.29 is 18.3 Å². The van der Waals surface area contributed by atoms with Crippen molar-refractivity contribution in [1.82, 2.24) is 4.72 Å². The van der Waals surface area contributed by atoms with Crippen molar-refractivity contribution in [1.29, 1.82) is 0 Å². The van der Waals surface area contributed by atoms with Gasteiger partial charge in [0.15, 0.2) is 0 Å². The molecule has 0 bridgehead atoms. The van der Waals surface area contributed by atoms with E-state index in [1.165, 1.54) is 6.07 Å². The number of thioether (sulfide) groups is 1. The highest BCUT2D eigenvalue weighted by molar-refractivity contribution is 9.11. The van der Waals surface area contributed by atoms with Crippen LogP contribution in [0, 0.1) is 0 Å². The summed E-state index contributed by atoms with van der Waals surface area (Å²) in [7, 11) is -3.73. The molecule has 1 aromatic heterocycles. The summed E-state index contributed by atoms with van der Waals surface area (Å²) in [6, 6.07) is 1.18. The lowest BCUT2D eigenvalue weighted by molar-refractivity contribution is 0.0702. The van der Waals surface area contributed by atoms with Crippen LogP contribution in [0.3, 0.4) is 0 Å². The average molecular weight is 416 g/mol. The van der Waals surface area contributed by atoms with Gasteiger partial charge in [0.25, 0.3) is 0 Å². The van der Waals surface area contributed by atoms with Crippen LogP contribution in [-0.2, 0) is 10.0 Å². The lowest BCUT2D eigenvalue weighted by atomic mass is 10.0. The largest absolute Gasteiger partial charge is 0.477 e. The first-order valence-electron chi connectivity index (χ1n) is 6.28. The summed E-state index contributed by atoms with van der Waals surface area (Å²) in [6.07, 6.45) is 3.65. The van der Waals surface area contributed by atoms with E-state index in [0.29, 0.717) is 10.3 Å². The van der Waals surface area contributed by atoms with Crippen LogP contribution in [0.2, 0.25) is 0 Å². The first-order valence-corrected chi connectivity index (χ1v) is 10.6. The highest BCUT2D eigenvalue weighted by Gasteiger charge is 2.29. The van der Waals surface area contributed by atoms with Crippen LogP contribution in [-0.4, -0.2) is 37.0 Å². The van der Waals surface area contributed by atoms with Crippen molar-refractivity contribution in [3.8, 4) is 0 Å². The Hall–Kier alpha value is -0.0900. The number of carboxylic acids is 1. The van der Waals surface area contributed by atoms with Crippen molar-refractivity contribution in [2.45, 2.75) is 36.3 Å². The Morgan fingerprint density at radius 1 is 1.48 bits per heavy atom. The molecule has 9 heteroatoms. The molecular weight excluding hydrogens is 398 g/mol. The number of rotatable bonds is 8.